The Morgan fingerprint density at radius 1 is 1.00 bits per heavy atom. The van der Waals surface area contributed by atoms with Gasteiger partial charge in [-0.3, -0.25) is 14.3 Å². The second-order valence-corrected chi connectivity index (χ2v) is 12.5. The number of ether oxygens (including phenoxy) is 1. The molecule has 2 aliphatic heterocycles. The molecule has 0 saturated heterocycles. The average Bonchev–Trinajstić information content (AvgIpc) is 3.51. The van der Waals surface area contributed by atoms with Gasteiger partial charge in [0.05, 0.1) is 11.9 Å². The molecule has 0 spiro atoms. The minimum atomic E-state index is -4.24. The molecule has 4 aliphatic rings. The van der Waals surface area contributed by atoms with Gasteiger partial charge in [-0.15, -0.1) is 0 Å². The first kappa shape index (κ1) is 29.5. The fourth-order valence-corrected chi connectivity index (χ4v) is 6.80. The van der Waals surface area contributed by atoms with Gasteiger partial charge in [-0.05, 0) is 64.1 Å². The molecule has 3 heterocycles. The Morgan fingerprint density at radius 2 is 1.80 bits per heavy atom. The maximum atomic E-state index is 12.4. The molecule has 1 N–H and O–H groups in total. The van der Waals surface area contributed by atoms with Crippen molar-refractivity contribution in [2.45, 2.75) is 44.3 Å². The zero-order valence-corrected chi connectivity index (χ0v) is 24.9. The van der Waals surface area contributed by atoms with Crippen molar-refractivity contribution >= 4 is 63.2 Å². The van der Waals surface area contributed by atoms with E-state index < -0.39 is 21.3 Å². The van der Waals surface area contributed by atoms with Crippen LogP contribution >= 0.6 is 0 Å². The first-order valence-corrected chi connectivity index (χ1v) is 16.0. The molecule has 7 rings (SSSR count). The van der Waals surface area contributed by atoms with Crippen molar-refractivity contribution in [3.63, 3.8) is 0 Å². The van der Waals surface area contributed by atoms with Crippen molar-refractivity contribution < 1.29 is 22.5 Å². The summed E-state index contributed by atoms with van der Waals surface area (Å²) < 4.78 is 40.6. The van der Waals surface area contributed by atoms with Gasteiger partial charge >= 0.3 is 5.91 Å². The number of allylic oxidation sites excluding steroid dienone is 2. The maximum Gasteiger partial charge on any atom is 0.301 e. The lowest BCUT2D eigenvalue weighted by Crippen LogP contribution is -2.38. The van der Waals surface area contributed by atoms with Crippen LogP contribution in [-0.4, -0.2) is 59.9 Å². The highest BCUT2D eigenvalue weighted by Crippen LogP contribution is 2.27. The molecule has 1 aromatic heterocycles. The van der Waals surface area contributed by atoms with Crippen molar-refractivity contribution in [3.8, 4) is 5.75 Å². The normalized spacial score (nSPS) is 19.5. The Balaban J connectivity index is 0.000000289. The lowest BCUT2D eigenvalue weighted by molar-refractivity contribution is -0.111. The smallest absolute Gasteiger partial charge is 0.301 e. The summed E-state index contributed by atoms with van der Waals surface area (Å²) in [6.07, 6.45) is 16.2. The standard InChI is InChI=1S/C28H29NO4S.C5H2N4O/c1-2-3-14-33-23-12-13-29-22(18-23)15-21-16-27-20(17-28(21)34(30,31)32)9-11-25-24-7-5-4-6-19(24)8-10-26(25)27;10-5-3-4(7-1-6-3)8-2-9-5/h4-5,7-13,16,18,21,28H,2-3,6,14-15,17H2,1H3,(H,30,31,32);1-2H. The van der Waals surface area contributed by atoms with Gasteiger partial charge in [0.1, 0.15) is 18.4 Å². The highest BCUT2D eigenvalue weighted by molar-refractivity contribution is 7.86. The second kappa shape index (κ2) is 12.6. The van der Waals surface area contributed by atoms with Crippen LogP contribution in [0.4, 0.5) is 0 Å². The van der Waals surface area contributed by atoms with Crippen LogP contribution in [0.25, 0.3) is 22.9 Å². The van der Waals surface area contributed by atoms with Crippen molar-refractivity contribution in [2.75, 3.05) is 6.61 Å². The molecule has 2 atom stereocenters. The predicted molar refractivity (Wildman–Crippen MR) is 173 cm³/mol. The molecule has 224 valence electrons. The number of nitrogens with zero attached hydrogens (tertiary/aromatic N) is 5. The van der Waals surface area contributed by atoms with E-state index in [2.05, 4.69) is 68.3 Å². The number of aromatic nitrogens is 1. The number of hydrogen-bond donors (Lipinski definition) is 1. The van der Waals surface area contributed by atoms with Crippen LogP contribution in [0.1, 0.15) is 36.6 Å². The number of benzene rings is 2. The van der Waals surface area contributed by atoms with E-state index in [1.807, 2.05) is 24.3 Å². The van der Waals surface area contributed by atoms with Gasteiger partial charge < -0.3 is 4.74 Å². The van der Waals surface area contributed by atoms with Crippen LogP contribution in [0, 0.1) is 5.92 Å². The number of fused-ring (bicyclic) bond motifs is 6. The van der Waals surface area contributed by atoms with Gasteiger partial charge in [-0.25, -0.2) is 15.0 Å². The van der Waals surface area contributed by atoms with E-state index in [0.717, 1.165) is 46.9 Å². The molecule has 11 heteroatoms. The van der Waals surface area contributed by atoms with Gasteiger partial charge in [-0.2, -0.15) is 13.4 Å². The summed E-state index contributed by atoms with van der Waals surface area (Å²) in [7, 11) is -4.24. The van der Waals surface area contributed by atoms with Crippen LogP contribution in [0.2, 0.25) is 0 Å². The van der Waals surface area contributed by atoms with Gasteiger partial charge in [0.2, 0.25) is 0 Å². The number of amides is 1. The Kier molecular flexibility index (Phi) is 8.40. The quantitative estimate of drug-likeness (QED) is 0.322. The highest BCUT2D eigenvalue weighted by atomic mass is 32.2. The fraction of sp³-hybridized carbons (Fsp3) is 0.273. The molecule has 0 saturated carbocycles. The number of pyridine rings is 1. The van der Waals surface area contributed by atoms with Gasteiger partial charge in [0.15, 0.2) is 11.5 Å². The molecule has 44 heavy (non-hydrogen) atoms. The zero-order chi connectivity index (χ0) is 30.7. The van der Waals surface area contributed by atoms with Crippen LogP contribution in [0.5, 0.6) is 5.75 Å². The molecular weight excluding hydrogens is 578 g/mol. The lowest BCUT2D eigenvalue weighted by atomic mass is 9.85. The third kappa shape index (κ3) is 6.20. The molecule has 0 bridgehead atoms. The summed E-state index contributed by atoms with van der Waals surface area (Å²) >= 11 is 0. The molecular formula is C33H31N5O5S. The first-order chi connectivity index (χ1) is 21.3. The Labute approximate surface area is 254 Å². The summed E-state index contributed by atoms with van der Waals surface area (Å²) in [6, 6.07) is 12.1. The summed E-state index contributed by atoms with van der Waals surface area (Å²) in [4.78, 5) is 29.8. The predicted octanol–water partition coefficient (Wildman–Crippen LogP) is 3.19. The number of amidine groups is 1. The van der Waals surface area contributed by atoms with Gasteiger partial charge in [0, 0.05) is 23.9 Å². The van der Waals surface area contributed by atoms with Crippen molar-refractivity contribution in [2.24, 2.45) is 25.9 Å². The van der Waals surface area contributed by atoms with Crippen LogP contribution in [-0.2, 0) is 34.2 Å². The van der Waals surface area contributed by atoms with E-state index in [0.29, 0.717) is 18.9 Å². The van der Waals surface area contributed by atoms with E-state index in [1.165, 1.54) is 28.8 Å². The summed E-state index contributed by atoms with van der Waals surface area (Å²) in [6.45, 7) is 2.75. The number of rotatable bonds is 7. The summed E-state index contributed by atoms with van der Waals surface area (Å²) in [5, 5.41) is 3.67. The molecule has 3 aromatic rings. The van der Waals surface area contributed by atoms with E-state index in [1.54, 1.807) is 6.20 Å². The van der Waals surface area contributed by atoms with Crippen molar-refractivity contribution in [3.05, 3.63) is 82.0 Å². The molecule has 10 nitrogen and oxygen atoms in total. The topological polar surface area (TPSA) is 143 Å². The summed E-state index contributed by atoms with van der Waals surface area (Å²) in [5.41, 5.74) is 3.23. The minimum absolute atomic E-state index is 0.238. The Bertz CT molecular complexity index is 2020. The molecule has 2 unspecified atom stereocenters. The highest BCUT2D eigenvalue weighted by Gasteiger charge is 2.34. The SMILES string of the molecule is CCCCOc1ccnc(CC2C=c3c(ccc4c5c(ccc34)CC=CC=5)CC2S(=O)(=O)O)c1.O=C1N=CN=C2N=CN=C12. The second-order valence-electron chi connectivity index (χ2n) is 10.9. The van der Waals surface area contributed by atoms with Crippen LogP contribution < -0.4 is 15.2 Å². The average molecular weight is 610 g/mol. The molecule has 2 aromatic carbocycles. The molecule has 1 amide bonds. The third-order valence-corrected chi connectivity index (χ3v) is 9.28. The minimum Gasteiger partial charge on any atom is -0.493 e. The van der Waals surface area contributed by atoms with Crippen LogP contribution in [0.3, 0.4) is 0 Å². The monoisotopic (exact) mass is 609 g/mol. The largest absolute Gasteiger partial charge is 0.493 e. The number of carbonyl (C=O) groups is 1. The number of aliphatic imine (C=N–C) groups is 4. The van der Waals surface area contributed by atoms with Gasteiger partial charge in [0.25, 0.3) is 10.1 Å². The third-order valence-electron chi connectivity index (χ3n) is 8.00. The first-order valence-electron chi connectivity index (χ1n) is 14.5. The number of carbonyl (C=O) groups excluding carboxylic acids is 1. The number of unbranched alkanes of at least 4 members (excludes halogenated alkanes) is 1. The Morgan fingerprint density at radius 3 is 2.59 bits per heavy atom. The fourth-order valence-electron chi connectivity index (χ4n) is 5.79. The van der Waals surface area contributed by atoms with E-state index in [4.69, 9.17) is 4.74 Å². The lowest BCUT2D eigenvalue weighted by Gasteiger charge is -2.27. The Hall–Kier alpha value is -4.61. The molecule has 2 aliphatic carbocycles. The maximum absolute atomic E-state index is 12.4. The van der Waals surface area contributed by atoms with E-state index in [9.17, 15) is 17.8 Å². The van der Waals surface area contributed by atoms with Crippen molar-refractivity contribution in [1.29, 1.82) is 0 Å². The molecule has 0 radical (unpaired) electrons. The van der Waals surface area contributed by atoms with E-state index in [-0.39, 0.29) is 18.0 Å². The zero-order valence-electron chi connectivity index (χ0n) is 24.1. The van der Waals surface area contributed by atoms with Crippen LogP contribution in [0.15, 0.2) is 74.7 Å². The number of hydrogen-bond acceptors (Lipinski definition) is 8. The van der Waals surface area contributed by atoms with Gasteiger partial charge in [-0.1, -0.05) is 61.9 Å². The molecule has 0 fully saturated rings. The van der Waals surface area contributed by atoms with E-state index >= 15 is 0 Å². The summed E-state index contributed by atoms with van der Waals surface area (Å²) in [5.74, 6) is 0.327. The van der Waals surface area contributed by atoms with Crippen molar-refractivity contribution in [1.82, 2.24) is 4.98 Å².